The normalized spacial score (nSPS) is 16.2. The molecular weight excluding hydrogens is 368 g/mol. The van der Waals surface area contributed by atoms with Gasteiger partial charge in [-0.1, -0.05) is 23.8 Å². The fourth-order valence-electron chi connectivity index (χ4n) is 3.86. The first-order chi connectivity index (χ1) is 14.0. The van der Waals surface area contributed by atoms with Gasteiger partial charge in [0, 0.05) is 38.3 Å². The quantitative estimate of drug-likeness (QED) is 0.659. The number of amides is 1. The zero-order valence-corrected chi connectivity index (χ0v) is 17.1. The summed E-state index contributed by atoms with van der Waals surface area (Å²) in [6.45, 7) is 9.62. The molecule has 0 bridgehead atoms. The molecule has 1 aliphatic rings. The first kappa shape index (κ1) is 19.3. The Morgan fingerprint density at radius 1 is 1.14 bits per heavy atom. The number of aryl methyl sites for hydroxylation is 2. The average molecular weight is 394 g/mol. The number of piperazine rings is 1. The highest BCUT2D eigenvalue weighted by Crippen LogP contribution is 2.25. The fraction of sp³-hybridized carbons (Fsp3) is 0.429. The predicted molar refractivity (Wildman–Crippen MR) is 109 cm³/mol. The molecule has 1 aromatic carbocycles. The van der Waals surface area contributed by atoms with Crippen LogP contribution in [0, 0.1) is 13.8 Å². The van der Waals surface area contributed by atoms with Crippen LogP contribution in [0.2, 0.25) is 0 Å². The van der Waals surface area contributed by atoms with Gasteiger partial charge in [0.1, 0.15) is 6.33 Å². The Morgan fingerprint density at radius 2 is 1.93 bits per heavy atom. The van der Waals surface area contributed by atoms with E-state index in [4.69, 9.17) is 4.74 Å². The van der Waals surface area contributed by atoms with Crippen molar-refractivity contribution in [2.75, 3.05) is 32.8 Å². The Bertz CT molecular complexity index is 1010. The lowest BCUT2D eigenvalue weighted by molar-refractivity contribution is -0.135. The molecule has 152 valence electrons. The van der Waals surface area contributed by atoms with Crippen molar-refractivity contribution in [2.45, 2.75) is 26.8 Å². The maximum absolute atomic E-state index is 12.5. The lowest BCUT2D eigenvalue weighted by atomic mass is 9.99. The fourth-order valence-corrected chi connectivity index (χ4v) is 3.86. The molecule has 1 unspecified atom stereocenters. The molecule has 1 fully saturated rings. The second kappa shape index (κ2) is 8.16. The third-order valence-electron chi connectivity index (χ3n) is 5.57. The summed E-state index contributed by atoms with van der Waals surface area (Å²) in [5.74, 6) is 0.363. The monoisotopic (exact) mass is 394 g/mol. The summed E-state index contributed by atoms with van der Waals surface area (Å²) in [7, 11) is 0. The number of carbonyl (C=O) groups is 1. The molecule has 8 heteroatoms. The molecule has 4 rings (SSSR count). The molecule has 29 heavy (non-hydrogen) atoms. The number of nitrogens with zero attached hydrogens (tertiary/aromatic N) is 6. The van der Waals surface area contributed by atoms with E-state index in [0.717, 1.165) is 13.1 Å². The van der Waals surface area contributed by atoms with E-state index in [1.54, 1.807) is 12.1 Å². The van der Waals surface area contributed by atoms with E-state index >= 15 is 0 Å². The van der Waals surface area contributed by atoms with Gasteiger partial charge in [0.2, 0.25) is 5.88 Å². The van der Waals surface area contributed by atoms with Gasteiger partial charge < -0.3 is 9.64 Å². The third-order valence-corrected chi connectivity index (χ3v) is 5.57. The van der Waals surface area contributed by atoms with Gasteiger partial charge in [-0.15, -0.1) is 15.3 Å². The van der Waals surface area contributed by atoms with Gasteiger partial charge in [0.15, 0.2) is 12.3 Å². The number of ether oxygens (including phenoxy) is 1. The van der Waals surface area contributed by atoms with Crippen LogP contribution in [0.3, 0.4) is 0 Å². The molecule has 0 aliphatic carbocycles. The lowest BCUT2D eigenvalue weighted by Crippen LogP contribution is -2.50. The van der Waals surface area contributed by atoms with Gasteiger partial charge >= 0.3 is 0 Å². The smallest absolute Gasteiger partial charge is 0.260 e. The number of benzene rings is 1. The Kier molecular flexibility index (Phi) is 5.44. The first-order valence-electron chi connectivity index (χ1n) is 9.90. The van der Waals surface area contributed by atoms with Crippen molar-refractivity contribution < 1.29 is 9.53 Å². The van der Waals surface area contributed by atoms with Crippen LogP contribution < -0.4 is 4.74 Å². The highest BCUT2D eigenvalue weighted by atomic mass is 16.5. The topological polar surface area (TPSA) is 75.9 Å². The summed E-state index contributed by atoms with van der Waals surface area (Å²) in [5, 5.41) is 11.9. The number of hydrogen-bond acceptors (Lipinski definition) is 6. The third kappa shape index (κ3) is 4.22. The molecule has 3 aromatic rings. The molecule has 0 spiro atoms. The van der Waals surface area contributed by atoms with Crippen molar-refractivity contribution in [1.29, 1.82) is 0 Å². The summed E-state index contributed by atoms with van der Waals surface area (Å²) in [4.78, 5) is 16.8. The van der Waals surface area contributed by atoms with Crippen LogP contribution in [-0.2, 0) is 4.79 Å². The highest BCUT2D eigenvalue weighted by Gasteiger charge is 2.25. The second-order valence-corrected chi connectivity index (χ2v) is 7.55. The van der Waals surface area contributed by atoms with Crippen molar-refractivity contribution in [3.05, 3.63) is 53.3 Å². The average Bonchev–Trinajstić information content (AvgIpc) is 3.19. The molecular formula is C21H26N6O2. The minimum atomic E-state index is -0.0206. The second-order valence-electron chi connectivity index (χ2n) is 7.55. The standard InChI is InChI=1S/C21H26N6O2/c1-15-4-5-18(16(2)12-15)17(3)25-8-10-26(11-9-25)21(28)13-29-20-7-6-19-23-22-14-27(19)24-20/h4-7,12,14,17H,8-11,13H2,1-3H3. The van der Waals surface area contributed by atoms with Crippen molar-refractivity contribution in [3.8, 4) is 5.88 Å². The molecule has 1 saturated heterocycles. The van der Waals surface area contributed by atoms with Crippen molar-refractivity contribution in [1.82, 2.24) is 29.6 Å². The Balaban J connectivity index is 1.29. The van der Waals surface area contributed by atoms with E-state index in [-0.39, 0.29) is 12.5 Å². The largest absolute Gasteiger partial charge is 0.467 e. The Hall–Kier alpha value is -3.00. The molecule has 1 amide bonds. The maximum atomic E-state index is 12.5. The van der Waals surface area contributed by atoms with Crippen LogP contribution in [0.15, 0.2) is 36.7 Å². The summed E-state index contributed by atoms with van der Waals surface area (Å²) >= 11 is 0. The number of fused-ring (bicyclic) bond motifs is 1. The van der Waals surface area contributed by atoms with Crippen LogP contribution in [0.1, 0.15) is 29.7 Å². The van der Waals surface area contributed by atoms with E-state index in [2.05, 4.69) is 59.2 Å². The van der Waals surface area contributed by atoms with Gasteiger partial charge in [-0.05, 0) is 38.0 Å². The van der Waals surface area contributed by atoms with Crippen LogP contribution in [-0.4, -0.2) is 68.3 Å². The first-order valence-corrected chi connectivity index (χ1v) is 9.90. The Labute approximate surface area is 170 Å². The molecule has 0 saturated carbocycles. The minimum absolute atomic E-state index is 0.0190. The molecule has 0 radical (unpaired) electrons. The maximum Gasteiger partial charge on any atom is 0.260 e. The highest BCUT2D eigenvalue weighted by molar-refractivity contribution is 5.77. The predicted octanol–water partition coefficient (Wildman–Crippen LogP) is 2.03. The molecule has 0 N–H and O–H groups in total. The summed E-state index contributed by atoms with van der Waals surface area (Å²) in [6.07, 6.45) is 1.50. The van der Waals surface area contributed by atoms with Gasteiger partial charge in [-0.25, -0.2) is 0 Å². The van der Waals surface area contributed by atoms with Gasteiger partial charge in [-0.3, -0.25) is 9.69 Å². The van der Waals surface area contributed by atoms with E-state index in [0.29, 0.717) is 30.7 Å². The molecule has 1 aliphatic heterocycles. The zero-order valence-electron chi connectivity index (χ0n) is 17.1. The summed E-state index contributed by atoms with van der Waals surface area (Å²) in [6, 6.07) is 10.4. The van der Waals surface area contributed by atoms with Gasteiger partial charge in [0.25, 0.3) is 5.91 Å². The van der Waals surface area contributed by atoms with Crippen LogP contribution in [0.5, 0.6) is 5.88 Å². The molecule has 1 atom stereocenters. The molecule has 2 aromatic heterocycles. The van der Waals surface area contributed by atoms with E-state index in [1.165, 1.54) is 27.5 Å². The Morgan fingerprint density at radius 3 is 2.69 bits per heavy atom. The number of aromatic nitrogens is 4. The van der Waals surface area contributed by atoms with Crippen LogP contribution >= 0.6 is 0 Å². The van der Waals surface area contributed by atoms with Crippen molar-refractivity contribution in [3.63, 3.8) is 0 Å². The molecule has 8 nitrogen and oxygen atoms in total. The van der Waals surface area contributed by atoms with E-state index in [1.807, 2.05) is 4.90 Å². The van der Waals surface area contributed by atoms with E-state index in [9.17, 15) is 4.79 Å². The van der Waals surface area contributed by atoms with Crippen molar-refractivity contribution in [2.24, 2.45) is 0 Å². The van der Waals surface area contributed by atoms with Crippen LogP contribution in [0.4, 0.5) is 0 Å². The lowest BCUT2D eigenvalue weighted by Gasteiger charge is -2.38. The minimum Gasteiger partial charge on any atom is -0.467 e. The molecule has 3 heterocycles. The SMILES string of the molecule is Cc1ccc(C(C)N2CCN(C(=O)COc3ccc4nncn4n3)CC2)c(C)c1. The van der Waals surface area contributed by atoms with Crippen molar-refractivity contribution >= 4 is 11.6 Å². The van der Waals surface area contributed by atoms with Gasteiger partial charge in [-0.2, -0.15) is 4.52 Å². The number of carbonyl (C=O) groups excluding carboxylic acids is 1. The zero-order chi connectivity index (χ0) is 20.4. The number of hydrogen-bond donors (Lipinski definition) is 0. The summed E-state index contributed by atoms with van der Waals surface area (Å²) in [5.41, 5.74) is 4.60. The van der Waals surface area contributed by atoms with Gasteiger partial charge in [0.05, 0.1) is 0 Å². The van der Waals surface area contributed by atoms with Crippen LogP contribution in [0.25, 0.3) is 5.65 Å². The summed E-state index contributed by atoms with van der Waals surface area (Å²) < 4.78 is 7.10. The van der Waals surface area contributed by atoms with E-state index < -0.39 is 0 Å². The number of rotatable bonds is 5.